The molecule has 9 heteroatoms. The van der Waals surface area contributed by atoms with Gasteiger partial charge in [-0.2, -0.15) is 0 Å². The van der Waals surface area contributed by atoms with Crippen LogP contribution >= 0.6 is 0 Å². The van der Waals surface area contributed by atoms with Gasteiger partial charge >= 0.3 is 12.0 Å². The Morgan fingerprint density at radius 2 is 1.70 bits per heavy atom. The Bertz CT molecular complexity index is 396. The lowest BCUT2D eigenvalue weighted by molar-refractivity contribution is -0.139. The number of aliphatic carboxylic acids is 1. The molecular weight excluding hydrogens is 268 g/mol. The van der Waals surface area contributed by atoms with Crippen molar-refractivity contribution in [1.82, 2.24) is 10.2 Å². The number of nitrogens with two attached hydrogens (primary N) is 2. The molecule has 0 radical (unpaired) electrons. The normalized spacial score (nSPS) is 11.8. The van der Waals surface area contributed by atoms with Crippen LogP contribution in [0.15, 0.2) is 0 Å². The number of primary amides is 2. The van der Waals surface area contributed by atoms with Gasteiger partial charge in [-0.15, -0.1) is 0 Å². The van der Waals surface area contributed by atoms with E-state index >= 15 is 0 Å². The maximum absolute atomic E-state index is 11.9. The third-order valence-electron chi connectivity index (χ3n) is 2.49. The lowest BCUT2D eigenvalue weighted by atomic mass is 10.1. The van der Waals surface area contributed by atoms with Crippen LogP contribution in [-0.2, 0) is 14.4 Å². The highest BCUT2D eigenvalue weighted by atomic mass is 16.4. The molecule has 114 valence electrons. The van der Waals surface area contributed by atoms with E-state index in [0.717, 1.165) is 4.90 Å². The molecule has 0 heterocycles. The molecule has 0 aromatic heterocycles. The maximum atomic E-state index is 11.9. The number of hydrogen-bond acceptors (Lipinski definition) is 4. The molecule has 0 fully saturated rings. The summed E-state index contributed by atoms with van der Waals surface area (Å²) in [6, 6.07) is -2.34. The molecule has 20 heavy (non-hydrogen) atoms. The van der Waals surface area contributed by atoms with Crippen LogP contribution in [0.3, 0.4) is 0 Å². The highest BCUT2D eigenvalue weighted by molar-refractivity contribution is 5.86. The molecule has 0 aliphatic heterocycles. The van der Waals surface area contributed by atoms with E-state index in [9.17, 15) is 19.2 Å². The van der Waals surface area contributed by atoms with Crippen LogP contribution in [0.4, 0.5) is 4.79 Å². The van der Waals surface area contributed by atoms with Crippen molar-refractivity contribution in [1.29, 1.82) is 0 Å². The van der Waals surface area contributed by atoms with E-state index in [-0.39, 0.29) is 25.4 Å². The Balaban J connectivity index is 4.74. The summed E-state index contributed by atoms with van der Waals surface area (Å²) in [6.07, 6.45) is -0.298. The summed E-state index contributed by atoms with van der Waals surface area (Å²) >= 11 is 0. The summed E-state index contributed by atoms with van der Waals surface area (Å²) in [4.78, 5) is 45.5. The first-order valence-electron chi connectivity index (χ1n) is 6.01. The predicted octanol–water partition coefficient (Wildman–Crippen LogP) is -1.39. The number of carboxylic acids is 1. The highest BCUT2D eigenvalue weighted by Crippen LogP contribution is 2.02. The first-order valence-corrected chi connectivity index (χ1v) is 6.01. The van der Waals surface area contributed by atoms with Crippen molar-refractivity contribution in [3.8, 4) is 0 Å². The minimum atomic E-state index is -1.29. The van der Waals surface area contributed by atoms with Crippen molar-refractivity contribution in [2.24, 2.45) is 11.5 Å². The molecule has 0 aromatic rings. The molecule has 0 aromatic carbocycles. The standard InChI is InChI=1S/C11H20N4O5/c1-6(2)15(5-9(13)17)11(20)14-7(10(18)19)3-4-8(12)16/h6-7H,3-5H2,1-2H3,(H2,12,16)(H2,13,17)(H,14,20)(H,18,19)/t7-/m1/s1. The van der Waals surface area contributed by atoms with E-state index < -0.39 is 29.9 Å². The van der Waals surface area contributed by atoms with Gasteiger partial charge in [-0.25, -0.2) is 9.59 Å². The van der Waals surface area contributed by atoms with E-state index in [4.69, 9.17) is 16.6 Å². The smallest absolute Gasteiger partial charge is 0.326 e. The molecule has 0 aliphatic carbocycles. The average Bonchev–Trinajstić information content (AvgIpc) is 2.29. The monoisotopic (exact) mass is 288 g/mol. The van der Waals surface area contributed by atoms with E-state index in [2.05, 4.69) is 5.32 Å². The Labute approximate surface area is 116 Å². The van der Waals surface area contributed by atoms with Crippen molar-refractivity contribution in [2.45, 2.75) is 38.8 Å². The van der Waals surface area contributed by atoms with Crippen LogP contribution in [0.2, 0.25) is 0 Å². The maximum Gasteiger partial charge on any atom is 0.326 e. The average molecular weight is 288 g/mol. The lowest BCUT2D eigenvalue weighted by Gasteiger charge is -2.27. The molecule has 0 aliphatic rings. The van der Waals surface area contributed by atoms with Gasteiger partial charge in [0, 0.05) is 12.5 Å². The van der Waals surface area contributed by atoms with Crippen LogP contribution in [0.25, 0.3) is 0 Å². The fraction of sp³-hybridized carbons (Fsp3) is 0.636. The number of nitrogens with one attached hydrogen (secondary N) is 1. The third-order valence-corrected chi connectivity index (χ3v) is 2.49. The summed E-state index contributed by atoms with van der Waals surface area (Å²) in [6.45, 7) is 2.98. The lowest BCUT2D eigenvalue weighted by Crippen LogP contribution is -2.52. The highest BCUT2D eigenvalue weighted by Gasteiger charge is 2.25. The quantitative estimate of drug-likeness (QED) is 0.432. The van der Waals surface area contributed by atoms with Gasteiger partial charge in [-0.1, -0.05) is 0 Å². The molecule has 6 N–H and O–H groups in total. The number of carbonyl (C=O) groups is 4. The van der Waals surface area contributed by atoms with E-state index in [1.807, 2.05) is 0 Å². The summed E-state index contributed by atoms with van der Waals surface area (Å²) < 4.78 is 0. The molecule has 1 atom stereocenters. The van der Waals surface area contributed by atoms with Crippen molar-refractivity contribution in [2.75, 3.05) is 6.54 Å². The van der Waals surface area contributed by atoms with E-state index in [0.29, 0.717) is 0 Å². The second kappa shape index (κ2) is 7.97. The zero-order chi connectivity index (χ0) is 15.9. The first-order chi connectivity index (χ1) is 9.15. The molecular formula is C11H20N4O5. The topological polar surface area (TPSA) is 156 Å². The van der Waals surface area contributed by atoms with E-state index in [1.165, 1.54) is 0 Å². The van der Waals surface area contributed by atoms with Crippen molar-refractivity contribution in [3.63, 3.8) is 0 Å². The summed E-state index contributed by atoms with van der Waals surface area (Å²) in [5.41, 5.74) is 9.95. The number of hydrogen-bond donors (Lipinski definition) is 4. The van der Waals surface area contributed by atoms with Gasteiger partial charge in [0.2, 0.25) is 11.8 Å². The molecule has 0 spiro atoms. The van der Waals surface area contributed by atoms with Gasteiger partial charge in [-0.3, -0.25) is 9.59 Å². The molecule has 4 amide bonds. The SMILES string of the molecule is CC(C)N(CC(N)=O)C(=O)N[C@H](CCC(N)=O)C(=O)O. The molecule has 0 saturated heterocycles. The summed E-state index contributed by atoms with van der Waals surface area (Å²) in [7, 11) is 0. The van der Waals surface area contributed by atoms with Crippen LogP contribution in [0.1, 0.15) is 26.7 Å². The Kier molecular flexibility index (Phi) is 7.05. The summed E-state index contributed by atoms with van der Waals surface area (Å²) in [5, 5.41) is 11.2. The number of nitrogens with zero attached hydrogens (tertiary/aromatic N) is 1. The molecule has 0 saturated carbocycles. The Hall–Kier alpha value is -2.32. The van der Waals surface area contributed by atoms with E-state index in [1.54, 1.807) is 13.8 Å². The van der Waals surface area contributed by atoms with Crippen molar-refractivity contribution >= 4 is 23.8 Å². The Morgan fingerprint density at radius 1 is 1.15 bits per heavy atom. The largest absolute Gasteiger partial charge is 0.480 e. The zero-order valence-electron chi connectivity index (χ0n) is 11.5. The molecule has 9 nitrogen and oxygen atoms in total. The number of carboxylic acid groups (broad SMARTS) is 1. The van der Waals surface area contributed by atoms with Gasteiger partial charge < -0.3 is 26.8 Å². The number of urea groups is 1. The fourth-order valence-corrected chi connectivity index (χ4v) is 1.43. The number of rotatable bonds is 8. The molecule has 0 unspecified atom stereocenters. The van der Waals surface area contributed by atoms with Gasteiger partial charge in [0.15, 0.2) is 0 Å². The minimum absolute atomic E-state index is 0.126. The number of amides is 4. The van der Waals surface area contributed by atoms with Gasteiger partial charge in [-0.05, 0) is 20.3 Å². The second-order valence-electron chi connectivity index (χ2n) is 4.53. The van der Waals surface area contributed by atoms with Gasteiger partial charge in [0.25, 0.3) is 0 Å². The minimum Gasteiger partial charge on any atom is -0.480 e. The van der Waals surface area contributed by atoms with Gasteiger partial charge in [0.1, 0.15) is 12.6 Å². The molecule has 0 rings (SSSR count). The summed E-state index contributed by atoms with van der Waals surface area (Å²) in [5.74, 6) is -2.66. The second-order valence-corrected chi connectivity index (χ2v) is 4.53. The van der Waals surface area contributed by atoms with Gasteiger partial charge in [0.05, 0.1) is 0 Å². The van der Waals surface area contributed by atoms with Crippen LogP contribution < -0.4 is 16.8 Å². The van der Waals surface area contributed by atoms with Crippen LogP contribution in [0, 0.1) is 0 Å². The molecule has 0 bridgehead atoms. The Morgan fingerprint density at radius 3 is 2.05 bits per heavy atom. The fourth-order valence-electron chi connectivity index (χ4n) is 1.43. The zero-order valence-corrected chi connectivity index (χ0v) is 11.5. The van der Waals surface area contributed by atoms with Crippen molar-refractivity contribution in [3.05, 3.63) is 0 Å². The first kappa shape index (κ1) is 17.7. The van der Waals surface area contributed by atoms with Crippen molar-refractivity contribution < 1.29 is 24.3 Å². The van der Waals surface area contributed by atoms with Crippen LogP contribution in [-0.4, -0.2) is 52.4 Å². The predicted molar refractivity (Wildman–Crippen MR) is 69.4 cm³/mol. The number of carbonyl (C=O) groups excluding carboxylic acids is 3. The third kappa shape index (κ3) is 6.57. The van der Waals surface area contributed by atoms with Crippen LogP contribution in [0.5, 0.6) is 0 Å².